The van der Waals surface area contributed by atoms with E-state index < -0.39 is 5.91 Å². The molecule has 0 heterocycles. The molecule has 0 fully saturated rings. The highest BCUT2D eigenvalue weighted by Crippen LogP contribution is 2.23. The second kappa shape index (κ2) is 8.21. The number of hydrogen-bond acceptors (Lipinski definition) is 5. The van der Waals surface area contributed by atoms with Gasteiger partial charge in [0.2, 0.25) is 0 Å². The summed E-state index contributed by atoms with van der Waals surface area (Å²) in [5.74, 6) is 0.659. The minimum Gasteiger partial charge on any atom is -0.507 e. The van der Waals surface area contributed by atoms with E-state index in [-0.39, 0.29) is 12.4 Å². The van der Waals surface area contributed by atoms with Crippen LogP contribution in [0.3, 0.4) is 0 Å². The number of hydrazone groups is 1. The Morgan fingerprint density at radius 1 is 1.21 bits per heavy atom. The summed E-state index contributed by atoms with van der Waals surface area (Å²) in [6.45, 7) is 1.48. The van der Waals surface area contributed by atoms with Crippen molar-refractivity contribution < 1.29 is 19.4 Å². The molecule has 0 spiro atoms. The number of halogens is 1. The van der Waals surface area contributed by atoms with Gasteiger partial charge < -0.3 is 14.6 Å². The molecular weight excluding hydrogens is 332 g/mol. The number of phenols is 1. The number of ether oxygens (including phenoxy) is 2. The summed E-state index contributed by atoms with van der Waals surface area (Å²) in [7, 11) is 1.51. The Morgan fingerprint density at radius 2 is 1.88 bits per heavy atom. The molecule has 24 heavy (non-hydrogen) atoms. The van der Waals surface area contributed by atoms with Crippen molar-refractivity contribution in [3.63, 3.8) is 0 Å². The van der Waals surface area contributed by atoms with Crippen LogP contribution in [0.1, 0.15) is 12.5 Å². The van der Waals surface area contributed by atoms with Crippen LogP contribution in [0.5, 0.6) is 17.2 Å². The number of aromatic hydroxyl groups is 1. The quantitative estimate of drug-likeness (QED) is 0.621. The lowest BCUT2D eigenvalue weighted by molar-refractivity contribution is -0.123. The van der Waals surface area contributed by atoms with E-state index in [2.05, 4.69) is 10.5 Å². The fraction of sp³-hybridized carbons (Fsp3) is 0.176. The van der Waals surface area contributed by atoms with E-state index in [1.807, 2.05) is 0 Å². The molecule has 1 amide bonds. The molecule has 0 radical (unpaired) electrons. The van der Waals surface area contributed by atoms with Crippen LogP contribution in [-0.2, 0) is 4.79 Å². The first kappa shape index (κ1) is 17.6. The third-order valence-corrected chi connectivity index (χ3v) is 3.38. The number of rotatable bonds is 6. The topological polar surface area (TPSA) is 80.2 Å². The van der Waals surface area contributed by atoms with Crippen LogP contribution in [0.25, 0.3) is 0 Å². The van der Waals surface area contributed by atoms with Gasteiger partial charge in [0, 0.05) is 16.7 Å². The molecule has 0 saturated heterocycles. The standard InChI is InChI=1S/C17H17ClN2O4/c1-11(15-8-7-14(23-2)9-16(15)21)19-20-17(22)10-24-13-5-3-12(18)4-6-13/h3-9,21H,10H2,1-2H3,(H,20,22)/b19-11+. The van der Waals surface area contributed by atoms with Gasteiger partial charge in [-0.3, -0.25) is 4.79 Å². The lowest BCUT2D eigenvalue weighted by Gasteiger charge is -2.08. The van der Waals surface area contributed by atoms with E-state index in [0.29, 0.717) is 27.8 Å². The molecule has 0 bridgehead atoms. The Balaban J connectivity index is 1.91. The highest BCUT2D eigenvalue weighted by atomic mass is 35.5. The van der Waals surface area contributed by atoms with Crippen molar-refractivity contribution in [2.45, 2.75) is 6.92 Å². The maximum absolute atomic E-state index is 11.8. The molecule has 0 aliphatic heterocycles. The molecule has 0 saturated carbocycles. The summed E-state index contributed by atoms with van der Waals surface area (Å²) in [5.41, 5.74) is 3.32. The first-order chi connectivity index (χ1) is 11.5. The zero-order valence-electron chi connectivity index (χ0n) is 13.2. The first-order valence-corrected chi connectivity index (χ1v) is 7.46. The molecule has 2 N–H and O–H groups in total. The molecular formula is C17H17ClN2O4. The summed E-state index contributed by atoms with van der Waals surface area (Å²) >= 11 is 5.77. The summed E-state index contributed by atoms with van der Waals surface area (Å²) in [6.07, 6.45) is 0. The maximum Gasteiger partial charge on any atom is 0.277 e. The molecule has 0 aliphatic carbocycles. The number of amides is 1. The van der Waals surface area contributed by atoms with E-state index >= 15 is 0 Å². The third-order valence-electron chi connectivity index (χ3n) is 3.13. The normalized spacial score (nSPS) is 11.0. The Morgan fingerprint density at radius 3 is 2.50 bits per heavy atom. The van der Waals surface area contributed by atoms with Gasteiger partial charge in [0.05, 0.1) is 12.8 Å². The summed E-state index contributed by atoms with van der Waals surface area (Å²) in [6, 6.07) is 11.5. The molecule has 126 valence electrons. The number of carbonyl (C=O) groups excluding carboxylic acids is 1. The van der Waals surface area contributed by atoms with Crippen molar-refractivity contribution in [3.8, 4) is 17.2 Å². The van der Waals surface area contributed by atoms with Gasteiger partial charge >= 0.3 is 0 Å². The predicted octanol–water partition coefficient (Wildman–Crippen LogP) is 2.97. The average molecular weight is 349 g/mol. The molecule has 7 heteroatoms. The lowest BCUT2D eigenvalue weighted by Crippen LogP contribution is -2.25. The molecule has 2 aromatic rings. The smallest absolute Gasteiger partial charge is 0.277 e. The van der Waals surface area contributed by atoms with Gasteiger partial charge in [0.25, 0.3) is 5.91 Å². The van der Waals surface area contributed by atoms with Crippen LogP contribution in [0.4, 0.5) is 0 Å². The number of nitrogens with one attached hydrogen (secondary N) is 1. The molecule has 0 aromatic heterocycles. The fourth-order valence-corrected chi connectivity index (χ4v) is 1.99. The van der Waals surface area contributed by atoms with Crippen LogP contribution < -0.4 is 14.9 Å². The second-order valence-electron chi connectivity index (χ2n) is 4.86. The van der Waals surface area contributed by atoms with Gasteiger partial charge in [-0.1, -0.05) is 11.6 Å². The highest BCUT2D eigenvalue weighted by Gasteiger charge is 2.07. The lowest BCUT2D eigenvalue weighted by atomic mass is 10.1. The van der Waals surface area contributed by atoms with Crippen LogP contribution in [-0.4, -0.2) is 30.4 Å². The van der Waals surface area contributed by atoms with Crippen molar-refractivity contribution in [1.29, 1.82) is 0 Å². The van der Waals surface area contributed by atoms with Crippen molar-refractivity contribution in [2.75, 3.05) is 13.7 Å². The van der Waals surface area contributed by atoms with E-state index in [1.165, 1.54) is 13.2 Å². The Kier molecular flexibility index (Phi) is 6.03. The van der Waals surface area contributed by atoms with Crippen LogP contribution in [0, 0.1) is 0 Å². The molecule has 6 nitrogen and oxygen atoms in total. The number of nitrogens with zero attached hydrogens (tertiary/aromatic N) is 1. The fourth-order valence-electron chi connectivity index (χ4n) is 1.86. The minimum atomic E-state index is -0.419. The highest BCUT2D eigenvalue weighted by molar-refractivity contribution is 6.30. The predicted molar refractivity (Wildman–Crippen MR) is 92.0 cm³/mol. The van der Waals surface area contributed by atoms with Gasteiger partial charge in [-0.2, -0.15) is 5.10 Å². The second-order valence-corrected chi connectivity index (χ2v) is 5.29. The van der Waals surface area contributed by atoms with Gasteiger partial charge in [-0.25, -0.2) is 5.43 Å². The van der Waals surface area contributed by atoms with Crippen LogP contribution >= 0.6 is 11.6 Å². The number of benzene rings is 2. The Labute approximate surface area is 144 Å². The van der Waals surface area contributed by atoms with Crippen LogP contribution in [0.15, 0.2) is 47.6 Å². The van der Waals surface area contributed by atoms with Crippen molar-refractivity contribution in [2.24, 2.45) is 5.10 Å². The van der Waals surface area contributed by atoms with E-state index in [0.717, 1.165) is 0 Å². The number of phenolic OH excluding ortho intramolecular Hbond substituents is 1. The molecule has 0 aliphatic rings. The van der Waals surface area contributed by atoms with Crippen molar-refractivity contribution in [1.82, 2.24) is 5.43 Å². The number of hydrogen-bond donors (Lipinski definition) is 2. The van der Waals surface area contributed by atoms with Gasteiger partial charge in [-0.15, -0.1) is 0 Å². The van der Waals surface area contributed by atoms with Crippen molar-refractivity contribution in [3.05, 3.63) is 53.1 Å². The van der Waals surface area contributed by atoms with Crippen LogP contribution in [0.2, 0.25) is 5.02 Å². The third kappa shape index (κ3) is 4.89. The van der Waals surface area contributed by atoms with Gasteiger partial charge in [0.1, 0.15) is 17.2 Å². The minimum absolute atomic E-state index is 0.0160. The Hall–Kier alpha value is -2.73. The molecule has 0 unspecified atom stereocenters. The number of methoxy groups -OCH3 is 1. The van der Waals surface area contributed by atoms with Gasteiger partial charge in [0.15, 0.2) is 6.61 Å². The molecule has 0 atom stereocenters. The summed E-state index contributed by atoms with van der Waals surface area (Å²) in [4.78, 5) is 11.8. The van der Waals surface area contributed by atoms with Crippen molar-refractivity contribution >= 4 is 23.2 Å². The first-order valence-electron chi connectivity index (χ1n) is 7.08. The number of carbonyl (C=O) groups is 1. The SMILES string of the molecule is COc1ccc(/C(C)=N/NC(=O)COc2ccc(Cl)cc2)c(O)c1. The van der Waals surface area contributed by atoms with E-state index in [1.54, 1.807) is 43.3 Å². The summed E-state index contributed by atoms with van der Waals surface area (Å²) in [5, 5.41) is 14.5. The van der Waals surface area contributed by atoms with E-state index in [4.69, 9.17) is 21.1 Å². The average Bonchev–Trinajstić information content (AvgIpc) is 2.59. The largest absolute Gasteiger partial charge is 0.507 e. The zero-order chi connectivity index (χ0) is 17.5. The van der Waals surface area contributed by atoms with E-state index in [9.17, 15) is 9.90 Å². The maximum atomic E-state index is 11.8. The molecule has 2 rings (SSSR count). The zero-order valence-corrected chi connectivity index (χ0v) is 14.0. The Bertz CT molecular complexity index is 745. The monoisotopic (exact) mass is 348 g/mol. The summed E-state index contributed by atoms with van der Waals surface area (Å²) < 4.78 is 10.3. The van der Waals surface area contributed by atoms with Gasteiger partial charge in [-0.05, 0) is 43.3 Å². The molecule has 2 aromatic carbocycles.